The second kappa shape index (κ2) is 7.72. The molecule has 1 fully saturated rings. The molecule has 0 aliphatic carbocycles. The standard InChI is InChI=1S/C17H27N3O2/c1-12-4-5-13(2)16(8-12)19-17(21)11-20-7-6-15(22-3)9-14(20)10-18/h4-5,8,14-15H,6-7,9-11,18H2,1-3H3,(H,19,21). The number of carbonyl (C=O) groups is 1. The molecule has 1 saturated heterocycles. The van der Waals surface area contributed by atoms with Crippen molar-refractivity contribution in [3.8, 4) is 0 Å². The number of amides is 1. The van der Waals surface area contributed by atoms with Crippen molar-refractivity contribution in [2.45, 2.75) is 38.8 Å². The van der Waals surface area contributed by atoms with Crippen LogP contribution in [0, 0.1) is 13.8 Å². The Kier molecular flexibility index (Phi) is 5.94. The van der Waals surface area contributed by atoms with Crippen LogP contribution in [0.5, 0.6) is 0 Å². The third-order valence-electron chi connectivity index (χ3n) is 4.41. The van der Waals surface area contributed by atoms with Crippen LogP contribution in [0.15, 0.2) is 18.2 Å². The largest absolute Gasteiger partial charge is 0.381 e. The number of benzene rings is 1. The number of hydrogen-bond acceptors (Lipinski definition) is 4. The highest BCUT2D eigenvalue weighted by Crippen LogP contribution is 2.20. The molecule has 1 aliphatic rings. The topological polar surface area (TPSA) is 67.6 Å². The third kappa shape index (κ3) is 4.29. The van der Waals surface area contributed by atoms with Gasteiger partial charge in [-0.2, -0.15) is 0 Å². The first kappa shape index (κ1) is 16.9. The van der Waals surface area contributed by atoms with E-state index in [1.54, 1.807) is 7.11 Å². The van der Waals surface area contributed by atoms with Crippen LogP contribution in [0.2, 0.25) is 0 Å². The number of rotatable bonds is 5. The second-order valence-corrected chi connectivity index (χ2v) is 6.11. The summed E-state index contributed by atoms with van der Waals surface area (Å²) in [5.74, 6) is 0.0167. The molecule has 0 radical (unpaired) electrons. The summed E-state index contributed by atoms with van der Waals surface area (Å²) < 4.78 is 5.42. The van der Waals surface area contributed by atoms with Gasteiger partial charge in [-0.1, -0.05) is 12.1 Å². The molecule has 1 aliphatic heterocycles. The minimum atomic E-state index is 0.0167. The Morgan fingerprint density at radius 1 is 1.45 bits per heavy atom. The molecule has 0 aromatic heterocycles. The minimum Gasteiger partial charge on any atom is -0.381 e. The number of piperidine rings is 1. The number of nitrogens with zero attached hydrogens (tertiary/aromatic N) is 1. The maximum atomic E-state index is 12.3. The molecule has 0 spiro atoms. The summed E-state index contributed by atoms with van der Waals surface area (Å²) in [5, 5.41) is 3.02. The van der Waals surface area contributed by atoms with Crippen molar-refractivity contribution in [1.82, 2.24) is 4.90 Å². The summed E-state index contributed by atoms with van der Waals surface area (Å²) in [6.07, 6.45) is 2.10. The number of ether oxygens (including phenoxy) is 1. The Morgan fingerprint density at radius 2 is 2.23 bits per heavy atom. The van der Waals surface area contributed by atoms with Gasteiger partial charge in [0.15, 0.2) is 0 Å². The van der Waals surface area contributed by atoms with Crippen LogP contribution < -0.4 is 11.1 Å². The van der Waals surface area contributed by atoms with Crippen LogP contribution in [-0.2, 0) is 9.53 Å². The molecule has 3 N–H and O–H groups in total. The number of nitrogens with two attached hydrogens (primary N) is 1. The Morgan fingerprint density at radius 3 is 2.91 bits per heavy atom. The Labute approximate surface area is 132 Å². The van der Waals surface area contributed by atoms with E-state index in [1.165, 1.54) is 0 Å². The molecular formula is C17H27N3O2. The van der Waals surface area contributed by atoms with E-state index in [9.17, 15) is 4.79 Å². The van der Waals surface area contributed by atoms with Crippen molar-refractivity contribution < 1.29 is 9.53 Å². The first-order chi connectivity index (χ1) is 10.5. The van der Waals surface area contributed by atoms with Gasteiger partial charge in [0, 0.05) is 31.9 Å². The molecule has 5 nitrogen and oxygen atoms in total. The molecule has 1 aromatic rings. The van der Waals surface area contributed by atoms with Crippen molar-refractivity contribution in [2.24, 2.45) is 5.73 Å². The average Bonchev–Trinajstić information content (AvgIpc) is 2.51. The zero-order valence-electron chi connectivity index (χ0n) is 13.8. The zero-order chi connectivity index (χ0) is 16.1. The number of aryl methyl sites for hydroxylation is 2. The fourth-order valence-corrected chi connectivity index (χ4v) is 2.98. The van der Waals surface area contributed by atoms with Gasteiger partial charge in [-0.25, -0.2) is 0 Å². The molecule has 1 amide bonds. The summed E-state index contributed by atoms with van der Waals surface area (Å²) in [4.78, 5) is 14.5. The second-order valence-electron chi connectivity index (χ2n) is 6.11. The lowest BCUT2D eigenvalue weighted by Gasteiger charge is -2.37. The fourth-order valence-electron chi connectivity index (χ4n) is 2.98. The van der Waals surface area contributed by atoms with Crippen molar-refractivity contribution in [1.29, 1.82) is 0 Å². The minimum absolute atomic E-state index is 0.0167. The van der Waals surface area contributed by atoms with Crippen LogP contribution in [0.4, 0.5) is 5.69 Å². The van der Waals surface area contributed by atoms with E-state index in [2.05, 4.69) is 10.2 Å². The lowest BCUT2D eigenvalue weighted by molar-refractivity contribution is -0.118. The zero-order valence-corrected chi connectivity index (χ0v) is 13.8. The monoisotopic (exact) mass is 305 g/mol. The van der Waals surface area contributed by atoms with Gasteiger partial charge in [0.2, 0.25) is 5.91 Å². The summed E-state index contributed by atoms with van der Waals surface area (Å²) >= 11 is 0. The lowest BCUT2D eigenvalue weighted by Crippen LogP contribution is -2.51. The van der Waals surface area contributed by atoms with Crippen molar-refractivity contribution in [2.75, 3.05) is 32.1 Å². The summed E-state index contributed by atoms with van der Waals surface area (Å²) in [7, 11) is 1.74. The smallest absolute Gasteiger partial charge is 0.238 e. The van der Waals surface area contributed by atoms with E-state index in [0.717, 1.165) is 36.2 Å². The molecule has 1 aromatic carbocycles. The molecule has 2 atom stereocenters. The van der Waals surface area contributed by atoms with E-state index in [-0.39, 0.29) is 18.1 Å². The van der Waals surface area contributed by atoms with Crippen LogP contribution in [0.25, 0.3) is 0 Å². The van der Waals surface area contributed by atoms with Crippen molar-refractivity contribution in [3.05, 3.63) is 29.3 Å². The first-order valence-electron chi connectivity index (χ1n) is 7.87. The van der Waals surface area contributed by atoms with Gasteiger partial charge in [0.05, 0.1) is 12.6 Å². The molecular weight excluding hydrogens is 278 g/mol. The fraction of sp³-hybridized carbons (Fsp3) is 0.588. The predicted octanol–water partition coefficient (Wildman–Crippen LogP) is 1.68. The Balaban J connectivity index is 1.95. The maximum absolute atomic E-state index is 12.3. The van der Waals surface area contributed by atoms with Crippen molar-refractivity contribution >= 4 is 11.6 Å². The van der Waals surface area contributed by atoms with Crippen LogP contribution >= 0.6 is 0 Å². The highest BCUT2D eigenvalue weighted by Gasteiger charge is 2.28. The molecule has 22 heavy (non-hydrogen) atoms. The summed E-state index contributed by atoms with van der Waals surface area (Å²) in [6, 6.07) is 6.29. The van der Waals surface area contributed by atoms with Gasteiger partial charge < -0.3 is 15.8 Å². The van der Waals surface area contributed by atoms with Gasteiger partial charge in [-0.3, -0.25) is 9.69 Å². The molecule has 2 rings (SSSR count). The number of likely N-dealkylation sites (tertiary alicyclic amines) is 1. The predicted molar refractivity (Wildman–Crippen MR) is 89.0 cm³/mol. The van der Waals surface area contributed by atoms with Gasteiger partial charge >= 0.3 is 0 Å². The summed E-state index contributed by atoms with van der Waals surface area (Å²) in [5.41, 5.74) is 8.96. The average molecular weight is 305 g/mol. The molecule has 0 saturated carbocycles. The number of carbonyl (C=O) groups excluding carboxylic acids is 1. The van der Waals surface area contributed by atoms with Gasteiger partial charge in [-0.05, 0) is 43.9 Å². The lowest BCUT2D eigenvalue weighted by atomic mass is 9.99. The van der Waals surface area contributed by atoms with E-state index in [0.29, 0.717) is 13.1 Å². The van der Waals surface area contributed by atoms with E-state index in [4.69, 9.17) is 10.5 Å². The van der Waals surface area contributed by atoms with Gasteiger partial charge in [0.1, 0.15) is 0 Å². The quantitative estimate of drug-likeness (QED) is 0.868. The van der Waals surface area contributed by atoms with Crippen LogP contribution in [0.3, 0.4) is 0 Å². The molecule has 1 heterocycles. The van der Waals surface area contributed by atoms with Gasteiger partial charge in [0.25, 0.3) is 0 Å². The molecule has 2 unspecified atom stereocenters. The van der Waals surface area contributed by atoms with Crippen LogP contribution in [0.1, 0.15) is 24.0 Å². The molecule has 122 valence electrons. The van der Waals surface area contributed by atoms with Crippen molar-refractivity contribution in [3.63, 3.8) is 0 Å². The highest BCUT2D eigenvalue weighted by atomic mass is 16.5. The Bertz CT molecular complexity index is 519. The highest BCUT2D eigenvalue weighted by molar-refractivity contribution is 5.93. The van der Waals surface area contributed by atoms with Gasteiger partial charge in [-0.15, -0.1) is 0 Å². The van der Waals surface area contributed by atoms with E-state index >= 15 is 0 Å². The molecule has 5 heteroatoms. The van der Waals surface area contributed by atoms with E-state index < -0.39 is 0 Å². The number of nitrogens with one attached hydrogen (secondary N) is 1. The maximum Gasteiger partial charge on any atom is 0.238 e. The first-order valence-corrected chi connectivity index (χ1v) is 7.87. The number of anilines is 1. The number of methoxy groups -OCH3 is 1. The normalized spacial score (nSPS) is 22.5. The third-order valence-corrected chi connectivity index (χ3v) is 4.41. The Hall–Kier alpha value is -1.43. The van der Waals surface area contributed by atoms with E-state index in [1.807, 2.05) is 32.0 Å². The van der Waals surface area contributed by atoms with Crippen LogP contribution in [-0.4, -0.2) is 49.7 Å². The molecule has 0 bridgehead atoms. The SMILES string of the molecule is COC1CCN(CC(=O)Nc2cc(C)ccc2C)C(CN)C1. The number of hydrogen-bond donors (Lipinski definition) is 2. The summed E-state index contributed by atoms with van der Waals surface area (Å²) in [6.45, 7) is 5.81.